The van der Waals surface area contributed by atoms with Gasteiger partial charge in [-0.3, -0.25) is 4.79 Å². The van der Waals surface area contributed by atoms with E-state index >= 15 is 0 Å². The number of alkyl halides is 9. The van der Waals surface area contributed by atoms with E-state index in [1.54, 1.807) is 0 Å². The fourth-order valence-corrected chi connectivity index (χ4v) is 5.61. The first-order valence-electron chi connectivity index (χ1n) is 10.8. The maximum absolute atomic E-state index is 15.0. The highest BCUT2D eigenvalue weighted by Gasteiger charge is 2.41. The first kappa shape index (κ1) is 35.0. The number of hydrogen-bond acceptors (Lipinski definition) is 3. The highest BCUT2D eigenvalue weighted by Crippen LogP contribution is 2.43. The number of rotatable bonds is 8. The second-order valence-corrected chi connectivity index (χ2v) is 11.9. The summed E-state index contributed by atoms with van der Waals surface area (Å²) in [6.45, 7) is 0.919. The Labute approximate surface area is 241 Å². The zero-order chi connectivity index (χ0) is 31.7. The second kappa shape index (κ2) is 12.6. The topological polar surface area (TPSA) is 63.2 Å². The van der Waals surface area contributed by atoms with E-state index in [1.807, 2.05) is 5.32 Å². The Morgan fingerprint density at radius 1 is 0.951 bits per heavy atom. The summed E-state index contributed by atoms with van der Waals surface area (Å²) in [6, 6.07) is 0.899. The molecule has 4 nitrogen and oxygen atoms in total. The van der Waals surface area contributed by atoms with Gasteiger partial charge in [-0.25, -0.2) is 12.8 Å². The van der Waals surface area contributed by atoms with Crippen LogP contribution in [0.2, 0.25) is 15.1 Å². The van der Waals surface area contributed by atoms with Gasteiger partial charge in [-0.1, -0.05) is 40.9 Å². The van der Waals surface area contributed by atoms with Gasteiger partial charge in [-0.2, -0.15) is 39.5 Å². The normalized spacial score (nSPS) is 15.0. The minimum absolute atomic E-state index is 0.0427. The van der Waals surface area contributed by atoms with Crippen molar-refractivity contribution in [1.29, 1.82) is 0 Å². The van der Waals surface area contributed by atoms with Crippen LogP contribution in [-0.2, 0) is 16.0 Å². The van der Waals surface area contributed by atoms with Crippen molar-refractivity contribution in [3.05, 3.63) is 73.7 Å². The van der Waals surface area contributed by atoms with Crippen molar-refractivity contribution in [2.24, 2.45) is 0 Å². The van der Waals surface area contributed by atoms with Gasteiger partial charge in [-0.15, -0.1) is 0 Å². The van der Waals surface area contributed by atoms with Gasteiger partial charge < -0.3 is 5.32 Å². The zero-order valence-corrected chi connectivity index (χ0v) is 23.2. The first-order valence-corrected chi connectivity index (χ1v) is 13.7. The van der Waals surface area contributed by atoms with Gasteiger partial charge >= 0.3 is 18.5 Å². The van der Waals surface area contributed by atoms with Crippen LogP contribution in [0.4, 0.5) is 43.9 Å². The van der Waals surface area contributed by atoms with E-state index in [0.29, 0.717) is 12.1 Å². The van der Waals surface area contributed by atoms with Gasteiger partial charge in [0.1, 0.15) is 17.5 Å². The minimum Gasteiger partial charge on any atom is -0.349 e. The monoisotopic (exact) mass is 681 g/mol. The molecular weight excluding hydrogens is 667 g/mol. The molecule has 18 heteroatoms. The Bertz CT molecular complexity index is 1410. The van der Waals surface area contributed by atoms with E-state index in [0.717, 1.165) is 19.1 Å². The van der Waals surface area contributed by atoms with Crippen molar-refractivity contribution < 1.29 is 57.1 Å². The standard InChI is InChI=1S/C23H16Cl3F10NO3S/c1-10(8-41(39,40)9-21(28,29)30)37-20(38)13-3-2-11(4-15(13)23(34,35)36)18(27)7-14(22(31,32)33)12-5-16(24)19(26)17(25)6-12/h2-7,10,14H,8-9H2,1H3,(H,37,38)/b18-7-. The molecule has 0 fully saturated rings. The third-order valence-corrected chi connectivity index (χ3v) is 8.11. The molecule has 0 aliphatic carbocycles. The van der Waals surface area contributed by atoms with Crippen molar-refractivity contribution in [2.75, 3.05) is 11.5 Å². The third-order valence-electron chi connectivity index (χ3n) is 5.14. The van der Waals surface area contributed by atoms with Crippen molar-refractivity contribution >= 4 is 56.4 Å². The van der Waals surface area contributed by atoms with Gasteiger partial charge in [-0.05, 0) is 42.8 Å². The molecule has 0 aromatic heterocycles. The number of nitrogens with one attached hydrogen (secondary N) is 1. The van der Waals surface area contributed by atoms with Crippen LogP contribution in [0.5, 0.6) is 0 Å². The SMILES string of the molecule is CC(CS(=O)(=O)CC(F)(F)F)NC(=O)c1ccc(/C(F)=C/C(c2cc(Cl)c(Cl)c(Cl)c2)C(F)(F)F)cc1C(F)(F)F. The van der Waals surface area contributed by atoms with Crippen molar-refractivity contribution in [2.45, 2.75) is 37.4 Å². The van der Waals surface area contributed by atoms with Crippen LogP contribution in [0.15, 0.2) is 36.4 Å². The Morgan fingerprint density at radius 3 is 1.95 bits per heavy atom. The number of carbonyl (C=O) groups is 1. The minimum atomic E-state index is -5.37. The van der Waals surface area contributed by atoms with Crippen LogP contribution in [0.3, 0.4) is 0 Å². The van der Waals surface area contributed by atoms with Crippen LogP contribution >= 0.6 is 34.8 Å². The molecule has 0 aliphatic heterocycles. The molecule has 1 N–H and O–H groups in total. The summed E-state index contributed by atoms with van der Waals surface area (Å²) in [5, 5.41) is 0.697. The number of halogens is 13. The maximum Gasteiger partial charge on any atom is 0.417 e. The molecule has 0 aliphatic rings. The highest BCUT2D eigenvalue weighted by molar-refractivity contribution is 7.91. The lowest BCUT2D eigenvalue weighted by Gasteiger charge is -2.20. The van der Waals surface area contributed by atoms with Gasteiger partial charge in [0.05, 0.1) is 31.9 Å². The Morgan fingerprint density at radius 2 is 1.49 bits per heavy atom. The fraction of sp³-hybridized carbons (Fsp3) is 0.348. The molecular formula is C23H16Cl3F10NO3S. The number of amides is 1. The summed E-state index contributed by atoms with van der Waals surface area (Å²) >= 11 is 17.2. The number of hydrogen-bond donors (Lipinski definition) is 1. The molecule has 0 saturated carbocycles. The average Bonchev–Trinajstić information content (AvgIpc) is 2.76. The third kappa shape index (κ3) is 9.93. The fourth-order valence-electron chi connectivity index (χ4n) is 3.53. The van der Waals surface area contributed by atoms with E-state index < -0.39 is 95.9 Å². The van der Waals surface area contributed by atoms with Gasteiger partial charge in [0.15, 0.2) is 9.84 Å². The quantitative estimate of drug-likeness (QED) is 0.225. The summed E-state index contributed by atoms with van der Waals surface area (Å²) in [5.41, 5.74) is -4.72. The molecule has 2 unspecified atom stereocenters. The smallest absolute Gasteiger partial charge is 0.349 e. The first-order chi connectivity index (χ1) is 18.4. The lowest BCUT2D eigenvalue weighted by Crippen LogP contribution is -2.40. The van der Waals surface area contributed by atoms with Crippen LogP contribution in [0, 0.1) is 0 Å². The molecule has 2 atom stereocenters. The Kier molecular flexibility index (Phi) is 10.7. The molecule has 228 valence electrons. The summed E-state index contributed by atoms with van der Waals surface area (Å²) in [4.78, 5) is 12.4. The summed E-state index contributed by atoms with van der Waals surface area (Å²) in [5.74, 6) is -9.61. The predicted molar refractivity (Wildman–Crippen MR) is 132 cm³/mol. The molecule has 2 rings (SSSR count). The maximum atomic E-state index is 15.0. The van der Waals surface area contributed by atoms with Gasteiger partial charge in [0, 0.05) is 11.6 Å². The van der Waals surface area contributed by atoms with Crippen LogP contribution in [-0.4, -0.2) is 44.2 Å². The van der Waals surface area contributed by atoms with E-state index in [1.165, 1.54) is 0 Å². The van der Waals surface area contributed by atoms with Gasteiger partial charge in [0.2, 0.25) is 0 Å². The number of benzene rings is 2. The Balaban J connectivity index is 2.46. The molecule has 0 bridgehead atoms. The van der Waals surface area contributed by atoms with Crippen molar-refractivity contribution in [3.63, 3.8) is 0 Å². The summed E-state index contributed by atoms with van der Waals surface area (Å²) in [7, 11) is -4.81. The molecule has 41 heavy (non-hydrogen) atoms. The largest absolute Gasteiger partial charge is 0.417 e. The summed E-state index contributed by atoms with van der Waals surface area (Å²) < 4.78 is 158. The number of allylic oxidation sites excluding steroid dienone is 1. The second-order valence-electron chi connectivity index (χ2n) is 8.63. The number of sulfone groups is 1. The molecule has 0 heterocycles. The molecule has 0 saturated heterocycles. The molecule has 1 amide bonds. The molecule has 0 spiro atoms. The van der Waals surface area contributed by atoms with Crippen LogP contribution in [0.1, 0.15) is 39.9 Å². The van der Waals surface area contributed by atoms with E-state index in [2.05, 4.69) is 0 Å². The number of carbonyl (C=O) groups excluding carboxylic acids is 1. The van der Waals surface area contributed by atoms with E-state index in [-0.39, 0.29) is 17.2 Å². The van der Waals surface area contributed by atoms with Crippen molar-refractivity contribution in [3.8, 4) is 0 Å². The zero-order valence-electron chi connectivity index (χ0n) is 20.1. The summed E-state index contributed by atoms with van der Waals surface area (Å²) in [6.07, 6.45) is -15.7. The average molecular weight is 683 g/mol. The van der Waals surface area contributed by atoms with E-state index in [9.17, 15) is 57.1 Å². The van der Waals surface area contributed by atoms with E-state index in [4.69, 9.17) is 34.8 Å². The van der Waals surface area contributed by atoms with Gasteiger partial charge in [0.25, 0.3) is 5.91 Å². The van der Waals surface area contributed by atoms with Crippen LogP contribution < -0.4 is 5.32 Å². The molecule has 0 radical (unpaired) electrons. The lowest BCUT2D eigenvalue weighted by atomic mass is 9.95. The Hall–Kier alpha value is -2.23. The highest BCUT2D eigenvalue weighted by atomic mass is 35.5. The van der Waals surface area contributed by atoms with Crippen molar-refractivity contribution in [1.82, 2.24) is 5.32 Å². The predicted octanol–water partition coefficient (Wildman–Crippen LogP) is 8.42. The van der Waals surface area contributed by atoms with Crippen LogP contribution in [0.25, 0.3) is 5.83 Å². The lowest BCUT2D eigenvalue weighted by molar-refractivity contribution is -0.140. The molecule has 2 aromatic carbocycles. The molecule has 2 aromatic rings.